The average molecular weight is 243 g/mol. The third-order valence-corrected chi connectivity index (χ3v) is 2.32. The van der Waals surface area contributed by atoms with Gasteiger partial charge in [-0.05, 0) is 24.5 Å². The fraction of sp³-hybridized carbons (Fsp3) is 0.545. The lowest BCUT2D eigenvalue weighted by Crippen LogP contribution is -2.13. The number of rotatable bonds is 5. The van der Waals surface area contributed by atoms with Gasteiger partial charge in [-0.25, -0.2) is 4.79 Å². The molecule has 1 rings (SSSR count). The number of esters is 1. The summed E-state index contributed by atoms with van der Waals surface area (Å²) in [5.74, 6) is -0.0821. The van der Waals surface area contributed by atoms with Crippen molar-refractivity contribution in [1.29, 1.82) is 0 Å². The summed E-state index contributed by atoms with van der Waals surface area (Å²) in [7, 11) is 0. The first-order valence-electron chi connectivity index (χ1n) is 5.29. The molecule has 0 spiro atoms. The van der Waals surface area contributed by atoms with E-state index < -0.39 is 5.97 Å². The van der Waals surface area contributed by atoms with Gasteiger partial charge in [0.2, 0.25) is 0 Å². The van der Waals surface area contributed by atoms with Crippen LogP contribution in [0.1, 0.15) is 37.2 Å². The third kappa shape index (κ3) is 4.14. The molecule has 1 unspecified atom stereocenters. The maximum Gasteiger partial charge on any atom is 0.358 e. The van der Waals surface area contributed by atoms with Crippen LogP contribution in [0.4, 0.5) is 0 Å². The minimum absolute atomic E-state index is 0.188. The number of hydrogen-bond acceptors (Lipinski definition) is 4. The number of aromatic nitrogens is 2. The van der Waals surface area contributed by atoms with Crippen LogP contribution in [0.25, 0.3) is 0 Å². The maximum absolute atomic E-state index is 11.5. The third-order valence-electron chi connectivity index (χ3n) is 2.12. The molecule has 1 atom stereocenters. The molecule has 0 fully saturated rings. The van der Waals surface area contributed by atoms with Crippen molar-refractivity contribution in [2.75, 3.05) is 6.61 Å². The molecule has 0 N–H and O–H groups in total. The first-order valence-corrected chi connectivity index (χ1v) is 5.67. The lowest BCUT2D eigenvalue weighted by molar-refractivity contribution is 0.0435. The van der Waals surface area contributed by atoms with Crippen LogP contribution in [0.3, 0.4) is 0 Å². The molecule has 0 amide bonds. The second-order valence-corrected chi connectivity index (χ2v) is 4.12. The summed E-state index contributed by atoms with van der Waals surface area (Å²) in [6.07, 6.45) is 2.12. The fourth-order valence-electron chi connectivity index (χ4n) is 1.29. The van der Waals surface area contributed by atoms with Crippen LogP contribution in [0, 0.1) is 5.92 Å². The van der Waals surface area contributed by atoms with Gasteiger partial charge in [0, 0.05) is 0 Å². The second kappa shape index (κ2) is 6.43. The Morgan fingerprint density at radius 2 is 2.25 bits per heavy atom. The molecular formula is C11H15ClN2O2. The Morgan fingerprint density at radius 1 is 1.50 bits per heavy atom. The van der Waals surface area contributed by atoms with Crippen molar-refractivity contribution in [3.63, 3.8) is 0 Å². The van der Waals surface area contributed by atoms with E-state index in [1.54, 1.807) is 0 Å². The Morgan fingerprint density at radius 3 is 2.81 bits per heavy atom. The zero-order chi connectivity index (χ0) is 12.0. The molecular weight excluding hydrogens is 228 g/mol. The van der Waals surface area contributed by atoms with Gasteiger partial charge in [0.25, 0.3) is 0 Å². The van der Waals surface area contributed by atoms with E-state index in [1.165, 1.54) is 12.1 Å². The summed E-state index contributed by atoms with van der Waals surface area (Å²) in [6, 6.07) is 3.02. The van der Waals surface area contributed by atoms with Crippen molar-refractivity contribution in [1.82, 2.24) is 10.2 Å². The van der Waals surface area contributed by atoms with Crippen LogP contribution in [0.2, 0.25) is 5.15 Å². The van der Waals surface area contributed by atoms with Crippen LogP contribution < -0.4 is 0 Å². The van der Waals surface area contributed by atoms with Crippen LogP contribution in [0.5, 0.6) is 0 Å². The first-order chi connectivity index (χ1) is 7.63. The van der Waals surface area contributed by atoms with Crippen molar-refractivity contribution >= 4 is 17.6 Å². The fourth-order valence-corrected chi connectivity index (χ4v) is 1.39. The van der Waals surface area contributed by atoms with Crippen molar-refractivity contribution in [3.05, 3.63) is 23.0 Å². The molecule has 5 heteroatoms. The number of carbonyl (C=O) groups excluding carboxylic acids is 1. The minimum Gasteiger partial charge on any atom is -0.461 e. The van der Waals surface area contributed by atoms with Crippen molar-refractivity contribution in [2.24, 2.45) is 5.92 Å². The molecule has 1 aromatic rings. The van der Waals surface area contributed by atoms with Crippen molar-refractivity contribution < 1.29 is 9.53 Å². The number of carbonyl (C=O) groups is 1. The summed E-state index contributed by atoms with van der Waals surface area (Å²) in [6.45, 7) is 4.56. The standard InChI is InChI=1S/C11H15ClN2O2/c1-3-4-8(2)7-16-11(15)9-5-6-10(12)14-13-9/h5-6,8H,3-4,7H2,1-2H3. The maximum atomic E-state index is 11.5. The number of nitrogens with zero attached hydrogens (tertiary/aromatic N) is 2. The predicted molar refractivity (Wildman–Crippen MR) is 61.4 cm³/mol. The zero-order valence-corrected chi connectivity index (χ0v) is 10.2. The van der Waals surface area contributed by atoms with Gasteiger partial charge in [-0.15, -0.1) is 10.2 Å². The van der Waals surface area contributed by atoms with Gasteiger partial charge in [0.15, 0.2) is 10.8 Å². The van der Waals surface area contributed by atoms with E-state index in [2.05, 4.69) is 17.1 Å². The van der Waals surface area contributed by atoms with Crippen molar-refractivity contribution in [3.8, 4) is 0 Å². The van der Waals surface area contributed by atoms with Crippen LogP contribution in [0.15, 0.2) is 12.1 Å². The van der Waals surface area contributed by atoms with Crippen LogP contribution in [-0.2, 0) is 4.74 Å². The van der Waals surface area contributed by atoms with Crippen LogP contribution >= 0.6 is 11.6 Å². The Kier molecular flexibility index (Phi) is 5.19. The van der Waals surface area contributed by atoms with Gasteiger partial charge < -0.3 is 4.74 Å². The smallest absolute Gasteiger partial charge is 0.358 e. The van der Waals surface area contributed by atoms with E-state index in [9.17, 15) is 4.79 Å². The van der Waals surface area contributed by atoms with E-state index in [0.29, 0.717) is 12.5 Å². The summed E-state index contributed by atoms with van der Waals surface area (Å²) in [5, 5.41) is 7.48. The Balaban J connectivity index is 2.43. The highest BCUT2D eigenvalue weighted by Gasteiger charge is 2.11. The molecule has 0 aliphatic heterocycles. The number of ether oxygens (including phenoxy) is 1. The van der Waals surface area contributed by atoms with E-state index in [-0.39, 0.29) is 10.8 Å². The SMILES string of the molecule is CCCC(C)COC(=O)c1ccc(Cl)nn1. The van der Waals surface area contributed by atoms with E-state index in [0.717, 1.165) is 12.8 Å². The molecule has 0 aromatic carbocycles. The average Bonchev–Trinajstić information content (AvgIpc) is 2.27. The zero-order valence-electron chi connectivity index (χ0n) is 9.44. The first kappa shape index (κ1) is 12.9. The highest BCUT2D eigenvalue weighted by atomic mass is 35.5. The lowest BCUT2D eigenvalue weighted by Gasteiger charge is -2.09. The molecule has 1 heterocycles. The number of halogens is 1. The second-order valence-electron chi connectivity index (χ2n) is 3.73. The Labute approximate surface area is 100.0 Å². The topological polar surface area (TPSA) is 52.1 Å². The molecule has 0 aliphatic rings. The summed E-state index contributed by atoms with van der Waals surface area (Å²) in [5.41, 5.74) is 0.188. The van der Waals surface area contributed by atoms with E-state index in [4.69, 9.17) is 16.3 Å². The van der Waals surface area contributed by atoms with Gasteiger partial charge in [-0.3, -0.25) is 0 Å². The number of hydrogen-bond donors (Lipinski definition) is 0. The summed E-state index contributed by atoms with van der Waals surface area (Å²) < 4.78 is 5.10. The highest BCUT2D eigenvalue weighted by Crippen LogP contribution is 2.08. The van der Waals surface area contributed by atoms with Crippen LogP contribution in [-0.4, -0.2) is 22.8 Å². The largest absolute Gasteiger partial charge is 0.461 e. The van der Waals surface area contributed by atoms with E-state index >= 15 is 0 Å². The van der Waals surface area contributed by atoms with Gasteiger partial charge in [0.05, 0.1) is 6.61 Å². The van der Waals surface area contributed by atoms with E-state index in [1.807, 2.05) is 6.92 Å². The van der Waals surface area contributed by atoms with Gasteiger partial charge in [-0.2, -0.15) is 0 Å². The van der Waals surface area contributed by atoms with Crippen molar-refractivity contribution in [2.45, 2.75) is 26.7 Å². The van der Waals surface area contributed by atoms with Gasteiger partial charge in [-0.1, -0.05) is 31.9 Å². The Hall–Kier alpha value is -1.16. The lowest BCUT2D eigenvalue weighted by atomic mass is 10.1. The molecule has 0 saturated carbocycles. The minimum atomic E-state index is -0.452. The van der Waals surface area contributed by atoms with Gasteiger partial charge >= 0.3 is 5.97 Å². The molecule has 0 saturated heterocycles. The predicted octanol–water partition coefficient (Wildman–Crippen LogP) is 2.72. The monoisotopic (exact) mass is 242 g/mol. The molecule has 88 valence electrons. The quantitative estimate of drug-likeness (QED) is 0.745. The highest BCUT2D eigenvalue weighted by molar-refractivity contribution is 6.29. The molecule has 16 heavy (non-hydrogen) atoms. The Bertz CT molecular complexity index is 340. The molecule has 0 radical (unpaired) electrons. The summed E-state index contributed by atoms with van der Waals surface area (Å²) >= 11 is 5.56. The molecule has 0 bridgehead atoms. The molecule has 0 aliphatic carbocycles. The summed E-state index contributed by atoms with van der Waals surface area (Å²) in [4.78, 5) is 11.5. The van der Waals surface area contributed by atoms with Gasteiger partial charge in [0.1, 0.15) is 0 Å². The normalized spacial score (nSPS) is 12.2. The molecule has 1 aromatic heterocycles. The molecule has 4 nitrogen and oxygen atoms in total.